The first kappa shape index (κ1) is 21.3. The Hall–Kier alpha value is -3.51. The number of hydrazone groups is 1. The van der Waals surface area contributed by atoms with Gasteiger partial charge in [-0.1, -0.05) is 70.0 Å². The molecule has 1 aromatic heterocycles. The Bertz CT molecular complexity index is 1460. The molecule has 4 aromatic rings. The van der Waals surface area contributed by atoms with Gasteiger partial charge in [-0.2, -0.15) is 5.10 Å². The fourth-order valence-corrected chi connectivity index (χ4v) is 4.75. The van der Waals surface area contributed by atoms with Crippen LogP contribution in [-0.2, 0) is 4.79 Å². The molecule has 2 heterocycles. The van der Waals surface area contributed by atoms with E-state index in [4.69, 9.17) is 0 Å². The van der Waals surface area contributed by atoms with Gasteiger partial charge in [0.15, 0.2) is 0 Å². The molecule has 0 aliphatic carbocycles. The third-order valence-electron chi connectivity index (χ3n) is 6.01. The molecular weight excluding hydrogens is 478 g/mol. The first-order valence-electron chi connectivity index (χ1n) is 10.8. The molecule has 3 aromatic carbocycles. The predicted molar refractivity (Wildman–Crippen MR) is 135 cm³/mol. The summed E-state index contributed by atoms with van der Waals surface area (Å²) >= 11 is 3.47. The highest BCUT2D eigenvalue weighted by atomic mass is 79.9. The summed E-state index contributed by atoms with van der Waals surface area (Å²) in [7, 11) is 0. The summed E-state index contributed by atoms with van der Waals surface area (Å²) in [5.41, 5.74) is 5.57. The monoisotopic (exact) mass is 499 g/mol. The van der Waals surface area contributed by atoms with Gasteiger partial charge >= 0.3 is 0 Å². The molecule has 1 N–H and O–H groups in total. The minimum absolute atomic E-state index is 0.160. The van der Waals surface area contributed by atoms with Crippen LogP contribution in [0, 0.1) is 6.92 Å². The summed E-state index contributed by atoms with van der Waals surface area (Å²) in [6, 6.07) is 23.5. The Kier molecular flexibility index (Phi) is 5.46. The number of H-pyrrole nitrogens is 1. The van der Waals surface area contributed by atoms with Gasteiger partial charge in [0.1, 0.15) is 0 Å². The molecule has 1 atom stereocenters. The predicted octanol–water partition coefficient (Wildman–Crippen LogP) is 5.96. The van der Waals surface area contributed by atoms with Gasteiger partial charge < -0.3 is 4.98 Å². The quantitative estimate of drug-likeness (QED) is 0.377. The van der Waals surface area contributed by atoms with E-state index < -0.39 is 0 Å². The van der Waals surface area contributed by atoms with Crippen molar-refractivity contribution in [2.45, 2.75) is 26.3 Å². The highest BCUT2D eigenvalue weighted by Gasteiger charge is 2.34. The summed E-state index contributed by atoms with van der Waals surface area (Å²) in [6.45, 7) is 3.54. The van der Waals surface area contributed by atoms with Crippen LogP contribution in [0.15, 0.2) is 87.2 Å². The van der Waals surface area contributed by atoms with Crippen molar-refractivity contribution in [2.75, 3.05) is 0 Å². The van der Waals surface area contributed by atoms with E-state index in [1.165, 1.54) is 11.9 Å². The van der Waals surface area contributed by atoms with Crippen LogP contribution in [0.3, 0.4) is 0 Å². The van der Waals surface area contributed by atoms with Crippen molar-refractivity contribution < 1.29 is 4.79 Å². The second-order valence-electron chi connectivity index (χ2n) is 8.30. The van der Waals surface area contributed by atoms with Gasteiger partial charge in [0.2, 0.25) is 5.91 Å². The van der Waals surface area contributed by atoms with Gasteiger partial charge in [0.05, 0.1) is 17.3 Å². The molecule has 6 heteroatoms. The van der Waals surface area contributed by atoms with Crippen LogP contribution in [0.2, 0.25) is 0 Å². The second-order valence-corrected chi connectivity index (χ2v) is 9.22. The average Bonchev–Trinajstić information content (AvgIpc) is 3.25. The van der Waals surface area contributed by atoms with Gasteiger partial charge in [-0.05, 0) is 42.3 Å². The lowest BCUT2D eigenvalue weighted by Gasteiger charge is -2.20. The molecular formula is C27H22BrN3O2. The number of nitrogens with zero attached hydrogens (tertiary/aromatic N) is 2. The van der Waals surface area contributed by atoms with Crippen molar-refractivity contribution in [3.05, 3.63) is 104 Å². The fourth-order valence-electron chi connectivity index (χ4n) is 4.48. The normalized spacial score (nSPS) is 15.7. The molecule has 1 aliphatic heterocycles. The first-order valence-corrected chi connectivity index (χ1v) is 11.6. The van der Waals surface area contributed by atoms with E-state index in [0.717, 1.165) is 37.6 Å². The van der Waals surface area contributed by atoms with Crippen molar-refractivity contribution in [1.29, 1.82) is 0 Å². The molecule has 1 amide bonds. The molecule has 164 valence electrons. The zero-order valence-electron chi connectivity index (χ0n) is 18.3. The zero-order valence-corrected chi connectivity index (χ0v) is 19.9. The molecule has 0 fully saturated rings. The van der Waals surface area contributed by atoms with Gasteiger partial charge in [0, 0.05) is 34.3 Å². The number of hydrogen-bond acceptors (Lipinski definition) is 3. The fraction of sp³-hybridized carbons (Fsp3) is 0.148. The lowest BCUT2D eigenvalue weighted by atomic mass is 9.90. The number of nitrogens with one attached hydrogen (secondary N) is 1. The number of halogens is 1. The highest BCUT2D eigenvalue weighted by molar-refractivity contribution is 9.10. The Morgan fingerprint density at radius 2 is 1.76 bits per heavy atom. The molecule has 33 heavy (non-hydrogen) atoms. The molecule has 0 radical (unpaired) electrons. The molecule has 5 nitrogen and oxygen atoms in total. The number of pyridine rings is 1. The summed E-state index contributed by atoms with van der Waals surface area (Å²) < 4.78 is 0.965. The van der Waals surface area contributed by atoms with Crippen LogP contribution in [-0.4, -0.2) is 21.6 Å². The number of carbonyl (C=O) groups excluding carboxylic acids is 1. The summed E-state index contributed by atoms with van der Waals surface area (Å²) in [5, 5.41) is 7.13. The Balaban J connectivity index is 1.74. The van der Waals surface area contributed by atoms with E-state index >= 15 is 0 Å². The second kappa shape index (κ2) is 8.45. The van der Waals surface area contributed by atoms with Gasteiger partial charge in [0.25, 0.3) is 5.56 Å². The number of amides is 1. The topological polar surface area (TPSA) is 65.5 Å². The number of aromatic nitrogens is 1. The minimum Gasteiger partial charge on any atom is -0.321 e. The molecule has 0 spiro atoms. The molecule has 0 saturated carbocycles. The van der Waals surface area contributed by atoms with Crippen molar-refractivity contribution in [3.63, 3.8) is 0 Å². The number of aryl methyl sites for hydroxylation is 1. The number of benzene rings is 3. The third kappa shape index (κ3) is 3.91. The summed E-state index contributed by atoms with van der Waals surface area (Å²) in [6.07, 6.45) is 0.460. The number of aromatic amines is 1. The Morgan fingerprint density at radius 3 is 2.45 bits per heavy atom. The number of carbonyl (C=O) groups is 1. The highest BCUT2D eigenvalue weighted by Crippen LogP contribution is 2.37. The van der Waals surface area contributed by atoms with Crippen LogP contribution in [0.4, 0.5) is 0 Å². The van der Waals surface area contributed by atoms with Crippen molar-refractivity contribution in [1.82, 2.24) is 9.99 Å². The lowest BCUT2D eigenvalue weighted by Crippen LogP contribution is -2.24. The Labute approximate surface area is 199 Å². The van der Waals surface area contributed by atoms with E-state index in [-0.39, 0.29) is 17.5 Å². The van der Waals surface area contributed by atoms with Crippen LogP contribution >= 0.6 is 15.9 Å². The van der Waals surface area contributed by atoms with Crippen molar-refractivity contribution in [3.8, 4) is 11.1 Å². The molecule has 1 aliphatic rings. The first-order chi connectivity index (χ1) is 15.9. The molecule has 5 rings (SSSR count). The van der Waals surface area contributed by atoms with E-state index in [2.05, 4.69) is 32.1 Å². The van der Waals surface area contributed by atoms with Crippen molar-refractivity contribution >= 4 is 38.5 Å². The maximum Gasteiger partial charge on any atom is 0.258 e. The molecule has 0 saturated heterocycles. The maximum atomic E-state index is 13.4. The summed E-state index contributed by atoms with van der Waals surface area (Å²) in [5.74, 6) is -0.160. The SMILES string of the molecule is CC(=O)N1N=C(c2c(-c3ccccc3)c3cc(C)ccc3[nH]c2=O)C[C@@H]1c1ccc(Br)cc1. The third-order valence-corrected chi connectivity index (χ3v) is 6.54. The van der Waals surface area contributed by atoms with Crippen LogP contribution in [0.1, 0.15) is 36.1 Å². The van der Waals surface area contributed by atoms with Gasteiger partial charge in [-0.3, -0.25) is 9.59 Å². The van der Waals surface area contributed by atoms with Gasteiger partial charge in [-0.15, -0.1) is 0 Å². The van der Waals surface area contributed by atoms with Crippen molar-refractivity contribution in [2.24, 2.45) is 5.10 Å². The van der Waals surface area contributed by atoms with E-state index in [0.29, 0.717) is 17.7 Å². The maximum absolute atomic E-state index is 13.4. The van der Waals surface area contributed by atoms with Crippen LogP contribution < -0.4 is 5.56 Å². The van der Waals surface area contributed by atoms with Gasteiger partial charge in [-0.25, -0.2) is 5.01 Å². The number of hydrogen-bond donors (Lipinski definition) is 1. The standard InChI is InChI=1S/C27H22BrN3O2/c1-16-8-13-22-21(14-16)25(19-6-4-3-5-7-19)26(27(33)29-22)23-15-24(31(30-23)17(2)32)18-9-11-20(28)12-10-18/h3-14,24H,15H2,1-2H3,(H,29,33)/t24-/m1/s1. The van der Waals surface area contributed by atoms with Crippen LogP contribution in [0.25, 0.3) is 22.0 Å². The molecule has 0 bridgehead atoms. The smallest absolute Gasteiger partial charge is 0.258 e. The number of rotatable bonds is 3. The largest absolute Gasteiger partial charge is 0.321 e. The zero-order chi connectivity index (χ0) is 23.1. The van der Waals surface area contributed by atoms with Crippen LogP contribution in [0.5, 0.6) is 0 Å². The Morgan fingerprint density at radius 1 is 1.03 bits per heavy atom. The lowest BCUT2D eigenvalue weighted by molar-refractivity contribution is -0.130. The van der Waals surface area contributed by atoms with E-state index in [1.807, 2.05) is 73.7 Å². The minimum atomic E-state index is -0.262. The van der Waals surface area contributed by atoms with E-state index in [9.17, 15) is 9.59 Å². The summed E-state index contributed by atoms with van der Waals surface area (Å²) in [4.78, 5) is 28.9. The average molecular weight is 500 g/mol. The molecule has 0 unspecified atom stereocenters. The van der Waals surface area contributed by atoms with E-state index in [1.54, 1.807) is 0 Å². The number of fused-ring (bicyclic) bond motifs is 1.